The maximum Gasteiger partial charge on any atom is 0.152 e. The summed E-state index contributed by atoms with van der Waals surface area (Å²) in [6, 6.07) is 0.530. The van der Waals surface area contributed by atoms with Gasteiger partial charge in [0.15, 0.2) is 9.84 Å². The Morgan fingerprint density at radius 2 is 1.58 bits per heavy atom. The highest BCUT2D eigenvalue weighted by atomic mass is 32.2. The Morgan fingerprint density at radius 3 is 2.18 bits per heavy atom. The molecule has 0 saturated carbocycles. The SMILES string of the molecule is CCC(C)NCCOCCOCCOCCOCCn1cc(CN2CCS(=O)(=O)CC2)nn1.[HH]. The summed E-state index contributed by atoms with van der Waals surface area (Å²) in [5.74, 6) is 0.433. The van der Waals surface area contributed by atoms with Crippen LogP contribution in [0, 0.1) is 0 Å². The molecule has 1 fully saturated rings. The highest BCUT2D eigenvalue weighted by Gasteiger charge is 2.22. The van der Waals surface area contributed by atoms with Crippen molar-refractivity contribution in [3.63, 3.8) is 0 Å². The summed E-state index contributed by atoms with van der Waals surface area (Å²) in [5.41, 5.74) is 0.839. The molecule has 2 rings (SSSR count). The normalized spacial score (nSPS) is 17.4. The number of aromatic nitrogens is 3. The smallest absolute Gasteiger partial charge is 0.152 e. The fraction of sp³-hybridized carbons (Fsp3) is 0.905. The first-order valence-electron chi connectivity index (χ1n) is 11.8. The molecule has 1 aromatic heterocycles. The first kappa shape index (κ1) is 28.1. The van der Waals surface area contributed by atoms with Crippen molar-refractivity contribution in [3.05, 3.63) is 11.9 Å². The number of rotatable bonds is 19. The zero-order valence-corrected chi connectivity index (χ0v) is 20.9. The molecule has 0 radical (unpaired) electrons. The number of hydrogen-bond acceptors (Lipinski definition) is 10. The van der Waals surface area contributed by atoms with Gasteiger partial charge in [-0.1, -0.05) is 12.1 Å². The molecule has 12 heteroatoms. The lowest BCUT2D eigenvalue weighted by atomic mass is 10.3. The fourth-order valence-corrected chi connectivity index (χ4v) is 4.38. The molecule has 1 N–H and O–H groups in total. The number of ether oxygens (including phenoxy) is 4. The van der Waals surface area contributed by atoms with Crippen LogP contribution in [-0.2, 0) is 41.9 Å². The second kappa shape index (κ2) is 16.5. The summed E-state index contributed by atoms with van der Waals surface area (Å²) in [6.07, 6.45) is 3.00. The zero-order valence-electron chi connectivity index (χ0n) is 20.1. The minimum atomic E-state index is -2.86. The van der Waals surface area contributed by atoms with Crippen LogP contribution in [-0.4, -0.2) is 118 Å². The second-order valence-corrected chi connectivity index (χ2v) is 10.4. The molecule has 1 unspecified atom stereocenters. The summed E-state index contributed by atoms with van der Waals surface area (Å²) < 4.78 is 46.8. The van der Waals surface area contributed by atoms with E-state index in [0.29, 0.717) is 85.1 Å². The molecule has 0 spiro atoms. The van der Waals surface area contributed by atoms with Crippen LogP contribution >= 0.6 is 0 Å². The summed E-state index contributed by atoms with van der Waals surface area (Å²) in [5, 5.41) is 11.6. The first-order chi connectivity index (χ1) is 16.0. The predicted octanol–water partition coefficient (Wildman–Crippen LogP) is 0.209. The van der Waals surface area contributed by atoms with Crippen LogP contribution in [0.3, 0.4) is 0 Å². The molecule has 1 atom stereocenters. The van der Waals surface area contributed by atoms with Gasteiger partial charge in [-0.05, 0) is 13.3 Å². The quantitative estimate of drug-likeness (QED) is 0.268. The van der Waals surface area contributed by atoms with E-state index >= 15 is 0 Å². The first-order valence-corrected chi connectivity index (χ1v) is 13.7. The van der Waals surface area contributed by atoms with Gasteiger partial charge >= 0.3 is 0 Å². The predicted molar refractivity (Wildman–Crippen MR) is 127 cm³/mol. The largest absolute Gasteiger partial charge is 0.378 e. The molecule has 1 aliphatic rings. The molecule has 0 bridgehead atoms. The molecule has 0 aromatic carbocycles. The summed E-state index contributed by atoms with van der Waals surface area (Å²) >= 11 is 0. The van der Waals surface area contributed by atoms with Crippen molar-refractivity contribution in [1.29, 1.82) is 0 Å². The van der Waals surface area contributed by atoms with E-state index in [2.05, 4.69) is 34.4 Å². The molecule has 2 heterocycles. The molecule has 1 saturated heterocycles. The van der Waals surface area contributed by atoms with E-state index in [9.17, 15) is 8.42 Å². The monoisotopic (exact) mass is 493 g/mol. The molecule has 33 heavy (non-hydrogen) atoms. The molecule has 1 aliphatic heterocycles. The van der Waals surface area contributed by atoms with Gasteiger partial charge in [0, 0.05) is 39.8 Å². The Bertz CT molecular complexity index is 725. The topological polar surface area (TPSA) is 117 Å². The van der Waals surface area contributed by atoms with Crippen LogP contribution < -0.4 is 5.32 Å². The van der Waals surface area contributed by atoms with Gasteiger partial charge in [0.2, 0.25) is 0 Å². The van der Waals surface area contributed by atoms with Crippen molar-refractivity contribution in [3.8, 4) is 0 Å². The van der Waals surface area contributed by atoms with E-state index in [0.717, 1.165) is 18.7 Å². The van der Waals surface area contributed by atoms with Crippen molar-refractivity contribution in [2.75, 3.05) is 84.0 Å². The van der Waals surface area contributed by atoms with Gasteiger partial charge in [-0.3, -0.25) is 4.90 Å². The van der Waals surface area contributed by atoms with Crippen LogP contribution in [0.25, 0.3) is 0 Å². The second-order valence-electron chi connectivity index (χ2n) is 8.11. The van der Waals surface area contributed by atoms with Crippen molar-refractivity contribution in [2.45, 2.75) is 39.4 Å². The van der Waals surface area contributed by atoms with Gasteiger partial charge in [0.25, 0.3) is 0 Å². The molecule has 1 aromatic rings. The number of hydrogen-bond donors (Lipinski definition) is 1. The van der Waals surface area contributed by atoms with Crippen LogP contribution in [0.1, 0.15) is 27.4 Å². The van der Waals surface area contributed by atoms with Gasteiger partial charge < -0.3 is 24.3 Å². The highest BCUT2D eigenvalue weighted by Crippen LogP contribution is 2.07. The van der Waals surface area contributed by atoms with Crippen molar-refractivity contribution >= 4 is 9.84 Å². The third-order valence-electron chi connectivity index (χ3n) is 5.34. The molecular formula is C21H43N5O6S. The van der Waals surface area contributed by atoms with Gasteiger partial charge in [-0.15, -0.1) is 5.10 Å². The fourth-order valence-electron chi connectivity index (χ4n) is 3.10. The third kappa shape index (κ3) is 13.4. The lowest BCUT2D eigenvalue weighted by molar-refractivity contribution is -0.00254. The van der Waals surface area contributed by atoms with Crippen LogP contribution in [0.4, 0.5) is 0 Å². The molecular weight excluding hydrogens is 450 g/mol. The average Bonchev–Trinajstić information content (AvgIpc) is 3.24. The summed E-state index contributed by atoms with van der Waals surface area (Å²) in [7, 11) is -2.86. The molecule has 0 amide bonds. The highest BCUT2D eigenvalue weighted by molar-refractivity contribution is 7.91. The van der Waals surface area contributed by atoms with E-state index in [1.165, 1.54) is 0 Å². The van der Waals surface area contributed by atoms with Gasteiger partial charge in [0.1, 0.15) is 0 Å². The van der Waals surface area contributed by atoms with E-state index in [-0.39, 0.29) is 12.9 Å². The Labute approximate surface area is 199 Å². The Kier molecular flexibility index (Phi) is 14.0. The van der Waals surface area contributed by atoms with Crippen LogP contribution in [0.2, 0.25) is 0 Å². The Balaban J connectivity index is 0.00000578. The van der Waals surface area contributed by atoms with Crippen molar-refractivity contribution < 1.29 is 28.8 Å². The van der Waals surface area contributed by atoms with E-state index in [1.54, 1.807) is 4.68 Å². The number of sulfone groups is 1. The van der Waals surface area contributed by atoms with E-state index in [1.807, 2.05) is 6.20 Å². The third-order valence-corrected chi connectivity index (χ3v) is 6.95. The standard InChI is InChI=1S/C21H41N5O6S.H2/c1-3-20(2)22-4-8-29-10-12-31-14-15-32-13-11-30-9-5-26-19-21(23-24-26)18-25-6-16-33(27,28)17-7-25;/h19-20,22H,3-18H2,1-2H3;1H. The lowest BCUT2D eigenvalue weighted by Gasteiger charge is -2.25. The number of nitrogens with zero attached hydrogens (tertiary/aromatic N) is 4. The van der Waals surface area contributed by atoms with Crippen molar-refractivity contribution in [1.82, 2.24) is 25.2 Å². The molecule has 194 valence electrons. The maximum absolute atomic E-state index is 11.5. The van der Waals surface area contributed by atoms with Crippen LogP contribution in [0.5, 0.6) is 0 Å². The minimum absolute atomic E-state index is 0. The zero-order chi connectivity index (χ0) is 23.8. The molecule has 0 aliphatic carbocycles. The number of nitrogens with one attached hydrogen (secondary N) is 1. The van der Waals surface area contributed by atoms with E-state index < -0.39 is 9.84 Å². The lowest BCUT2D eigenvalue weighted by Crippen LogP contribution is -2.39. The Hall–Kier alpha value is -1.15. The van der Waals surface area contributed by atoms with Crippen LogP contribution in [0.15, 0.2) is 6.20 Å². The minimum Gasteiger partial charge on any atom is -0.378 e. The van der Waals surface area contributed by atoms with Crippen molar-refractivity contribution in [2.24, 2.45) is 0 Å². The maximum atomic E-state index is 11.5. The van der Waals surface area contributed by atoms with Gasteiger partial charge in [0.05, 0.1) is 76.6 Å². The summed E-state index contributed by atoms with van der Waals surface area (Å²) in [4.78, 5) is 2.09. The molecule has 11 nitrogen and oxygen atoms in total. The summed E-state index contributed by atoms with van der Waals surface area (Å²) in [6.45, 7) is 12.0. The Morgan fingerprint density at radius 1 is 1.00 bits per heavy atom. The van der Waals surface area contributed by atoms with E-state index in [4.69, 9.17) is 18.9 Å². The average molecular weight is 494 g/mol. The van der Waals surface area contributed by atoms with Gasteiger partial charge in [-0.25, -0.2) is 13.1 Å². The van der Waals surface area contributed by atoms with Gasteiger partial charge in [-0.2, -0.15) is 0 Å².